The number of halogens is 3. The van der Waals surface area contributed by atoms with E-state index in [0.717, 1.165) is 14.9 Å². The molecule has 5 rings (SSSR count). The molecule has 1 heterocycles. The summed E-state index contributed by atoms with van der Waals surface area (Å²) in [6, 6.07) is 31.6. The third kappa shape index (κ3) is 8.92. The van der Waals surface area contributed by atoms with Crippen molar-refractivity contribution in [3.05, 3.63) is 141 Å². The van der Waals surface area contributed by atoms with E-state index in [2.05, 4.69) is 31.9 Å². The highest BCUT2D eigenvalue weighted by Gasteiger charge is 2.18. The minimum atomic E-state index is -0.543. The minimum absolute atomic E-state index is 0.00448. The number of hydrogen-bond donors (Lipinski definition) is 3. The summed E-state index contributed by atoms with van der Waals surface area (Å²) in [6.45, 7) is 1.78. The van der Waals surface area contributed by atoms with Crippen molar-refractivity contribution in [3.63, 3.8) is 0 Å². The normalized spacial score (nSPS) is 11.9. The number of anilines is 2. The van der Waals surface area contributed by atoms with Gasteiger partial charge in [0.25, 0.3) is 11.8 Å². The van der Waals surface area contributed by atoms with Crippen LogP contribution in [-0.2, 0) is 9.59 Å². The van der Waals surface area contributed by atoms with Gasteiger partial charge >= 0.3 is 0 Å². The molecule has 0 saturated carbocycles. The molecule has 3 amide bonds. The Kier molecular flexibility index (Phi) is 11.0. The molecule has 4 aromatic carbocycles. The highest BCUT2D eigenvalue weighted by molar-refractivity contribution is 9.10. The highest BCUT2D eigenvalue weighted by Crippen LogP contribution is 2.29. The van der Waals surface area contributed by atoms with Crippen LogP contribution >= 0.6 is 50.9 Å². The first kappa shape index (κ1) is 33.1. The van der Waals surface area contributed by atoms with Gasteiger partial charge < -0.3 is 20.4 Å². The van der Waals surface area contributed by atoms with Crippen LogP contribution in [0.15, 0.2) is 129 Å². The zero-order chi connectivity index (χ0) is 32.6. The van der Waals surface area contributed by atoms with Gasteiger partial charge in [-0.1, -0.05) is 69.5 Å². The molecule has 0 aliphatic rings. The Morgan fingerprint density at radius 2 is 1.57 bits per heavy atom. The Labute approximate surface area is 288 Å². The van der Waals surface area contributed by atoms with Gasteiger partial charge in [0.1, 0.15) is 17.2 Å². The molecular formula is C35H26BrCl2N3O4S. The second-order valence-electron chi connectivity index (χ2n) is 9.94. The molecule has 3 N–H and O–H groups in total. The molecule has 0 radical (unpaired) electrons. The van der Waals surface area contributed by atoms with E-state index in [1.165, 1.54) is 17.8 Å². The zero-order valence-electron chi connectivity index (χ0n) is 24.2. The van der Waals surface area contributed by atoms with Crippen LogP contribution in [0, 0.1) is 0 Å². The summed E-state index contributed by atoms with van der Waals surface area (Å²) in [4.78, 5) is 40.0. The van der Waals surface area contributed by atoms with E-state index in [1.807, 2.05) is 24.3 Å². The monoisotopic (exact) mass is 733 g/mol. The van der Waals surface area contributed by atoms with Crippen molar-refractivity contribution in [2.75, 3.05) is 10.6 Å². The smallest absolute Gasteiger partial charge is 0.272 e. The largest absolute Gasteiger partial charge is 0.457 e. The number of carbonyl (C=O) groups is 3. The van der Waals surface area contributed by atoms with Crippen LogP contribution in [0.1, 0.15) is 23.0 Å². The molecule has 0 bridgehead atoms. The number of hydrogen-bond acceptors (Lipinski definition) is 5. The molecule has 0 aliphatic carbocycles. The fraction of sp³-hybridized carbons (Fsp3) is 0.0571. The fourth-order valence-corrected chi connectivity index (χ4v) is 5.77. The lowest BCUT2D eigenvalue weighted by atomic mass is 10.2. The van der Waals surface area contributed by atoms with Crippen molar-refractivity contribution < 1.29 is 18.8 Å². The summed E-state index contributed by atoms with van der Waals surface area (Å²) in [5, 5.41) is 8.74. The van der Waals surface area contributed by atoms with Crippen molar-refractivity contribution in [1.82, 2.24) is 5.32 Å². The number of rotatable bonds is 10. The molecule has 1 aromatic heterocycles. The van der Waals surface area contributed by atoms with Gasteiger partial charge in [-0.15, -0.1) is 11.8 Å². The summed E-state index contributed by atoms with van der Waals surface area (Å²) >= 11 is 16.9. The van der Waals surface area contributed by atoms with Gasteiger partial charge in [-0.3, -0.25) is 14.4 Å². The third-order valence-corrected chi connectivity index (χ3v) is 8.74. The van der Waals surface area contributed by atoms with E-state index in [-0.39, 0.29) is 11.6 Å². The maximum absolute atomic E-state index is 13.5. The lowest BCUT2D eigenvalue weighted by Crippen LogP contribution is -2.30. The SMILES string of the molecule is CC(Sc1ccc(NC(=O)/C(=C/c2ccc(-c3ccc(Br)cc3)o2)NC(=O)c2ccccc2)cc1)C(=O)Nc1ccc(Cl)cc1Cl. The van der Waals surface area contributed by atoms with Gasteiger partial charge in [-0.25, -0.2) is 0 Å². The lowest BCUT2D eigenvalue weighted by molar-refractivity contribution is -0.115. The van der Waals surface area contributed by atoms with Crippen molar-refractivity contribution in [2.45, 2.75) is 17.1 Å². The van der Waals surface area contributed by atoms with Gasteiger partial charge in [0.2, 0.25) is 5.91 Å². The van der Waals surface area contributed by atoms with E-state index in [4.69, 9.17) is 27.6 Å². The fourth-order valence-electron chi connectivity index (χ4n) is 4.18. The lowest BCUT2D eigenvalue weighted by Gasteiger charge is -2.14. The second kappa shape index (κ2) is 15.3. The molecule has 46 heavy (non-hydrogen) atoms. The third-order valence-electron chi connectivity index (χ3n) is 6.55. The number of furan rings is 1. The van der Waals surface area contributed by atoms with Crippen molar-refractivity contribution in [1.29, 1.82) is 0 Å². The molecule has 0 aliphatic heterocycles. The summed E-state index contributed by atoms with van der Waals surface area (Å²) in [5.41, 5.74) is 2.23. The molecule has 0 spiro atoms. The van der Waals surface area contributed by atoms with E-state index in [1.54, 1.807) is 91.9 Å². The van der Waals surface area contributed by atoms with Crippen LogP contribution in [0.25, 0.3) is 17.4 Å². The maximum atomic E-state index is 13.5. The Morgan fingerprint density at radius 3 is 2.26 bits per heavy atom. The van der Waals surface area contributed by atoms with Crippen LogP contribution in [0.5, 0.6) is 0 Å². The summed E-state index contributed by atoms with van der Waals surface area (Å²) in [5.74, 6) is -0.216. The van der Waals surface area contributed by atoms with E-state index >= 15 is 0 Å². The molecule has 1 atom stereocenters. The molecular weight excluding hydrogens is 709 g/mol. The number of thioether (sulfide) groups is 1. The van der Waals surface area contributed by atoms with Crippen molar-refractivity contribution in [2.24, 2.45) is 0 Å². The topological polar surface area (TPSA) is 100 Å². The predicted molar refractivity (Wildman–Crippen MR) is 189 cm³/mol. The van der Waals surface area contributed by atoms with Gasteiger partial charge in [-0.2, -0.15) is 0 Å². The number of nitrogens with one attached hydrogen (secondary N) is 3. The van der Waals surface area contributed by atoms with Crippen molar-refractivity contribution >= 4 is 86.1 Å². The molecule has 232 valence electrons. The average Bonchev–Trinajstić information content (AvgIpc) is 3.52. The minimum Gasteiger partial charge on any atom is -0.457 e. The quantitative estimate of drug-likeness (QED) is 0.0981. The average molecular weight is 735 g/mol. The molecule has 11 heteroatoms. The van der Waals surface area contributed by atoms with Gasteiger partial charge in [0.05, 0.1) is 16.0 Å². The Balaban J connectivity index is 1.28. The molecule has 5 aromatic rings. The first-order valence-corrected chi connectivity index (χ1v) is 16.4. The number of carbonyl (C=O) groups excluding carboxylic acids is 3. The Bertz CT molecular complexity index is 1900. The van der Waals surface area contributed by atoms with E-state index in [9.17, 15) is 14.4 Å². The Morgan fingerprint density at radius 1 is 0.848 bits per heavy atom. The summed E-state index contributed by atoms with van der Waals surface area (Å²) < 4.78 is 6.92. The molecule has 0 fully saturated rings. The first-order valence-electron chi connectivity index (χ1n) is 13.9. The Hall–Kier alpha value is -4.28. The second-order valence-corrected chi connectivity index (χ2v) is 13.1. The van der Waals surface area contributed by atoms with Crippen LogP contribution < -0.4 is 16.0 Å². The van der Waals surface area contributed by atoms with Crippen LogP contribution in [0.4, 0.5) is 11.4 Å². The molecule has 0 saturated heterocycles. The molecule has 7 nitrogen and oxygen atoms in total. The predicted octanol–water partition coefficient (Wildman–Crippen LogP) is 9.54. The van der Waals surface area contributed by atoms with Crippen LogP contribution in [-0.4, -0.2) is 23.0 Å². The number of amides is 3. The molecule has 1 unspecified atom stereocenters. The van der Waals surface area contributed by atoms with Gasteiger partial charge in [0, 0.05) is 37.3 Å². The zero-order valence-corrected chi connectivity index (χ0v) is 28.1. The standard InChI is InChI=1S/C35H26BrCl2N3O4S/c1-21(33(42)40-30-17-11-25(37)19-29(30)38)46-28-15-12-26(13-16-28)39-35(44)31(41-34(43)23-5-3-2-4-6-23)20-27-14-18-32(45-27)22-7-9-24(36)10-8-22/h2-21H,1H3,(H,39,44)(H,40,42)(H,41,43)/b31-20-. The van der Waals surface area contributed by atoms with E-state index < -0.39 is 17.1 Å². The number of benzene rings is 4. The maximum Gasteiger partial charge on any atom is 0.272 e. The van der Waals surface area contributed by atoms with Crippen molar-refractivity contribution in [3.8, 4) is 11.3 Å². The highest BCUT2D eigenvalue weighted by atomic mass is 79.9. The van der Waals surface area contributed by atoms with E-state index in [0.29, 0.717) is 38.5 Å². The first-order chi connectivity index (χ1) is 22.1. The summed E-state index contributed by atoms with van der Waals surface area (Å²) in [6.07, 6.45) is 1.48. The van der Waals surface area contributed by atoms with Gasteiger partial charge in [0.15, 0.2) is 0 Å². The summed E-state index contributed by atoms with van der Waals surface area (Å²) in [7, 11) is 0. The van der Waals surface area contributed by atoms with Crippen LogP contribution in [0.2, 0.25) is 10.0 Å². The van der Waals surface area contributed by atoms with Crippen LogP contribution in [0.3, 0.4) is 0 Å². The van der Waals surface area contributed by atoms with Gasteiger partial charge in [-0.05, 0) is 85.8 Å².